The van der Waals surface area contributed by atoms with Gasteiger partial charge in [0.25, 0.3) is 0 Å². The van der Waals surface area contributed by atoms with Crippen molar-refractivity contribution in [2.24, 2.45) is 11.8 Å². The lowest BCUT2D eigenvalue weighted by Gasteiger charge is -2.15. The molecule has 0 aliphatic heterocycles. The topological polar surface area (TPSA) is 63.6 Å². The van der Waals surface area contributed by atoms with Crippen LogP contribution < -0.4 is 0 Å². The monoisotopic (exact) mass is 244 g/mol. The second-order valence-corrected chi connectivity index (χ2v) is 4.34. The molecule has 100 valence electrons. The molecular weight excluding hydrogens is 220 g/mol. The van der Waals surface area contributed by atoms with Gasteiger partial charge in [0.2, 0.25) is 0 Å². The Kier molecular flexibility index (Phi) is 8.46. The lowest BCUT2D eigenvalue weighted by molar-refractivity contribution is -0.153. The Hall–Kier alpha value is -1.06. The SMILES string of the molecule is CCC(CC)CCOC(=O)C(CC)CC(=O)O. The smallest absolute Gasteiger partial charge is 0.309 e. The first kappa shape index (κ1) is 15.9. The van der Waals surface area contributed by atoms with E-state index in [2.05, 4.69) is 13.8 Å². The van der Waals surface area contributed by atoms with Crippen LogP contribution in [0.25, 0.3) is 0 Å². The fourth-order valence-corrected chi connectivity index (χ4v) is 1.75. The number of ether oxygens (including phenoxy) is 1. The molecule has 1 atom stereocenters. The maximum Gasteiger partial charge on any atom is 0.309 e. The van der Waals surface area contributed by atoms with Crippen LogP contribution in [-0.2, 0) is 14.3 Å². The molecule has 0 amide bonds. The highest BCUT2D eigenvalue weighted by Crippen LogP contribution is 2.14. The summed E-state index contributed by atoms with van der Waals surface area (Å²) in [5.41, 5.74) is 0. The average molecular weight is 244 g/mol. The predicted octanol–water partition coefficient (Wildman–Crippen LogP) is 2.86. The summed E-state index contributed by atoms with van der Waals surface area (Å²) < 4.78 is 5.13. The van der Waals surface area contributed by atoms with Crippen LogP contribution in [-0.4, -0.2) is 23.7 Å². The lowest BCUT2D eigenvalue weighted by atomic mass is 10.00. The van der Waals surface area contributed by atoms with Crippen LogP contribution in [0, 0.1) is 11.8 Å². The largest absolute Gasteiger partial charge is 0.481 e. The summed E-state index contributed by atoms with van der Waals surface area (Å²) in [5, 5.41) is 8.65. The van der Waals surface area contributed by atoms with E-state index in [-0.39, 0.29) is 12.4 Å². The highest BCUT2D eigenvalue weighted by molar-refractivity contribution is 5.78. The maximum atomic E-state index is 11.6. The summed E-state index contributed by atoms with van der Waals surface area (Å²) in [6.07, 6.45) is 3.40. The number of rotatable bonds is 9. The number of aliphatic carboxylic acids is 1. The first-order valence-corrected chi connectivity index (χ1v) is 6.43. The minimum Gasteiger partial charge on any atom is -0.481 e. The van der Waals surface area contributed by atoms with E-state index in [9.17, 15) is 9.59 Å². The van der Waals surface area contributed by atoms with Crippen molar-refractivity contribution in [3.05, 3.63) is 0 Å². The molecule has 0 fully saturated rings. The van der Waals surface area contributed by atoms with Crippen LogP contribution >= 0.6 is 0 Å². The zero-order chi connectivity index (χ0) is 13.3. The fraction of sp³-hybridized carbons (Fsp3) is 0.846. The van der Waals surface area contributed by atoms with Crippen molar-refractivity contribution in [2.75, 3.05) is 6.61 Å². The fourth-order valence-electron chi connectivity index (χ4n) is 1.75. The van der Waals surface area contributed by atoms with Gasteiger partial charge in [-0.1, -0.05) is 33.6 Å². The second-order valence-electron chi connectivity index (χ2n) is 4.34. The number of esters is 1. The zero-order valence-electron chi connectivity index (χ0n) is 11.1. The molecule has 1 N–H and O–H groups in total. The molecule has 17 heavy (non-hydrogen) atoms. The number of hydrogen-bond donors (Lipinski definition) is 1. The molecule has 0 aliphatic carbocycles. The number of carboxylic acids is 1. The van der Waals surface area contributed by atoms with E-state index >= 15 is 0 Å². The molecule has 4 nitrogen and oxygen atoms in total. The molecule has 0 aliphatic rings. The van der Waals surface area contributed by atoms with E-state index in [1.165, 1.54) is 0 Å². The van der Waals surface area contributed by atoms with Crippen LogP contribution in [0.5, 0.6) is 0 Å². The predicted molar refractivity (Wildman–Crippen MR) is 65.7 cm³/mol. The van der Waals surface area contributed by atoms with Crippen molar-refractivity contribution in [3.63, 3.8) is 0 Å². The molecule has 0 saturated carbocycles. The summed E-state index contributed by atoms with van der Waals surface area (Å²) in [7, 11) is 0. The third-order valence-electron chi connectivity index (χ3n) is 3.17. The van der Waals surface area contributed by atoms with E-state index in [1.807, 2.05) is 0 Å². The number of carbonyl (C=O) groups excluding carboxylic acids is 1. The molecule has 0 aromatic carbocycles. The van der Waals surface area contributed by atoms with Crippen molar-refractivity contribution in [3.8, 4) is 0 Å². The van der Waals surface area contributed by atoms with Crippen molar-refractivity contribution < 1.29 is 19.4 Å². The Morgan fingerprint density at radius 1 is 1.12 bits per heavy atom. The Labute approximate surface area is 103 Å². The van der Waals surface area contributed by atoms with Gasteiger partial charge in [0.1, 0.15) is 0 Å². The van der Waals surface area contributed by atoms with Gasteiger partial charge in [0.05, 0.1) is 18.9 Å². The van der Waals surface area contributed by atoms with E-state index in [4.69, 9.17) is 9.84 Å². The molecular formula is C13H24O4. The van der Waals surface area contributed by atoms with Crippen LogP contribution in [0.4, 0.5) is 0 Å². The molecule has 1 unspecified atom stereocenters. The van der Waals surface area contributed by atoms with Gasteiger partial charge in [-0.2, -0.15) is 0 Å². The Morgan fingerprint density at radius 3 is 2.12 bits per heavy atom. The minimum absolute atomic E-state index is 0.139. The quantitative estimate of drug-likeness (QED) is 0.633. The van der Waals surface area contributed by atoms with Crippen molar-refractivity contribution in [1.82, 2.24) is 0 Å². The third-order valence-corrected chi connectivity index (χ3v) is 3.17. The van der Waals surface area contributed by atoms with Crippen LogP contribution in [0.1, 0.15) is 52.9 Å². The molecule has 0 radical (unpaired) electrons. The first-order chi connectivity index (χ1) is 8.04. The third kappa shape index (κ3) is 6.97. The highest BCUT2D eigenvalue weighted by Gasteiger charge is 2.21. The minimum atomic E-state index is -0.950. The molecule has 0 spiro atoms. The van der Waals surface area contributed by atoms with Crippen LogP contribution in [0.3, 0.4) is 0 Å². The van der Waals surface area contributed by atoms with Crippen LogP contribution in [0.15, 0.2) is 0 Å². The molecule has 0 saturated heterocycles. The summed E-state index contributed by atoms with van der Waals surface area (Å²) in [5.74, 6) is -1.24. The van der Waals surface area contributed by atoms with Gasteiger partial charge in [-0.15, -0.1) is 0 Å². The Bertz CT molecular complexity index is 234. The van der Waals surface area contributed by atoms with Gasteiger partial charge in [0.15, 0.2) is 0 Å². The molecule has 0 aromatic heterocycles. The zero-order valence-corrected chi connectivity index (χ0v) is 11.1. The molecule has 0 heterocycles. The first-order valence-electron chi connectivity index (χ1n) is 6.43. The average Bonchev–Trinajstić information content (AvgIpc) is 2.31. The maximum absolute atomic E-state index is 11.6. The van der Waals surface area contributed by atoms with Gasteiger partial charge < -0.3 is 9.84 Å². The van der Waals surface area contributed by atoms with E-state index in [0.29, 0.717) is 18.9 Å². The number of carboxylic acid groups (broad SMARTS) is 1. The second kappa shape index (κ2) is 9.02. The van der Waals surface area contributed by atoms with E-state index in [1.54, 1.807) is 6.92 Å². The summed E-state index contributed by atoms with van der Waals surface area (Å²) >= 11 is 0. The van der Waals surface area contributed by atoms with Crippen molar-refractivity contribution >= 4 is 11.9 Å². The van der Waals surface area contributed by atoms with E-state index < -0.39 is 11.9 Å². The van der Waals surface area contributed by atoms with Gasteiger partial charge in [-0.05, 0) is 18.8 Å². The number of hydrogen-bond acceptors (Lipinski definition) is 3. The molecule has 4 heteroatoms. The number of carbonyl (C=O) groups is 2. The standard InChI is InChI=1S/C13H24O4/c1-4-10(5-2)7-8-17-13(16)11(6-3)9-12(14)15/h10-11H,4-9H2,1-3H3,(H,14,15). The van der Waals surface area contributed by atoms with Crippen molar-refractivity contribution in [1.29, 1.82) is 0 Å². The van der Waals surface area contributed by atoms with Crippen LogP contribution in [0.2, 0.25) is 0 Å². The van der Waals surface area contributed by atoms with Gasteiger partial charge in [-0.3, -0.25) is 9.59 Å². The summed E-state index contributed by atoms with van der Waals surface area (Å²) in [6.45, 7) is 6.45. The molecule has 0 aromatic rings. The van der Waals surface area contributed by atoms with Gasteiger partial charge >= 0.3 is 11.9 Å². The highest BCUT2D eigenvalue weighted by atomic mass is 16.5. The Morgan fingerprint density at radius 2 is 1.71 bits per heavy atom. The van der Waals surface area contributed by atoms with Crippen molar-refractivity contribution in [2.45, 2.75) is 52.9 Å². The normalized spacial score (nSPS) is 12.5. The van der Waals surface area contributed by atoms with Gasteiger partial charge in [-0.25, -0.2) is 0 Å². The van der Waals surface area contributed by atoms with Gasteiger partial charge in [0, 0.05) is 0 Å². The summed E-state index contributed by atoms with van der Waals surface area (Å²) in [6, 6.07) is 0. The Balaban J connectivity index is 3.94. The molecule has 0 rings (SSSR count). The van der Waals surface area contributed by atoms with E-state index in [0.717, 1.165) is 19.3 Å². The summed E-state index contributed by atoms with van der Waals surface area (Å²) in [4.78, 5) is 22.1. The molecule has 0 bridgehead atoms. The lowest BCUT2D eigenvalue weighted by Crippen LogP contribution is -2.21.